The van der Waals surface area contributed by atoms with Gasteiger partial charge in [0.25, 0.3) is 5.91 Å². The van der Waals surface area contributed by atoms with Crippen LogP contribution in [0.15, 0.2) is 48.5 Å². The van der Waals surface area contributed by atoms with Crippen LogP contribution in [0.1, 0.15) is 81.9 Å². The fraction of sp³-hybridized carbons (Fsp3) is 0.514. The lowest BCUT2D eigenvalue weighted by Crippen LogP contribution is -2.54. The van der Waals surface area contributed by atoms with Crippen LogP contribution in [0.25, 0.3) is 10.9 Å². The largest absolute Gasteiger partial charge is 0.487 e. The Bertz CT molecular complexity index is 1470. The summed E-state index contributed by atoms with van der Waals surface area (Å²) in [5, 5.41) is 11.2. The highest BCUT2D eigenvalue weighted by Crippen LogP contribution is 2.35. The van der Waals surface area contributed by atoms with Gasteiger partial charge in [0.2, 0.25) is 0 Å². The molecule has 1 atom stereocenters. The van der Waals surface area contributed by atoms with Gasteiger partial charge in [-0.3, -0.25) is 4.79 Å². The molecule has 0 bridgehead atoms. The van der Waals surface area contributed by atoms with Crippen LogP contribution in [0.5, 0.6) is 5.75 Å². The number of nitrogens with zero attached hydrogens (tertiary/aromatic N) is 4. The zero-order valence-corrected chi connectivity index (χ0v) is 27.0. The van der Waals surface area contributed by atoms with E-state index in [1.165, 1.54) is 0 Å². The molecule has 1 aliphatic heterocycles. The van der Waals surface area contributed by atoms with Gasteiger partial charge in [0.15, 0.2) is 0 Å². The van der Waals surface area contributed by atoms with Crippen molar-refractivity contribution in [3.63, 3.8) is 0 Å². The van der Waals surface area contributed by atoms with Gasteiger partial charge in [0.1, 0.15) is 29.7 Å². The van der Waals surface area contributed by atoms with Gasteiger partial charge in [-0.25, -0.2) is 4.79 Å². The lowest BCUT2D eigenvalue weighted by Gasteiger charge is -2.41. The summed E-state index contributed by atoms with van der Waals surface area (Å²) in [7, 11) is 1.68. The predicted octanol–water partition coefficient (Wildman–Crippen LogP) is 6.77. The van der Waals surface area contributed by atoms with E-state index in [0.717, 1.165) is 36.8 Å². The summed E-state index contributed by atoms with van der Waals surface area (Å²) in [5.74, 6) is 0.406. The highest BCUT2D eigenvalue weighted by atomic mass is 16.6. The second-order valence-corrected chi connectivity index (χ2v) is 12.6. The minimum absolute atomic E-state index is 0.161. The van der Waals surface area contributed by atoms with Gasteiger partial charge in [-0.2, -0.15) is 5.26 Å². The van der Waals surface area contributed by atoms with Gasteiger partial charge >= 0.3 is 6.09 Å². The van der Waals surface area contributed by atoms with E-state index >= 15 is 0 Å². The Hall–Kier alpha value is -4.03. The zero-order chi connectivity index (χ0) is 31.9. The minimum atomic E-state index is -0.608. The number of fused-ring (bicyclic) bond motifs is 1. The van der Waals surface area contributed by atoms with Crippen LogP contribution < -0.4 is 4.74 Å². The standard InChI is InChI=1S/C35H46N4O5/c1-25(2)39(27-16-13-19-37(23-27)34(41)44-35(3,4)5)33(40)32-29(22-36)28-17-12-18-30(43-24-26-14-8-7-9-15-26)31(28)38(32)20-10-11-21-42-6/h7-9,12,14-15,17-18,25,27H,10-11,13,16,19-21,23-24H2,1-6H3/t27-/m1/s1. The molecule has 9 nitrogen and oxygen atoms in total. The molecule has 0 unspecified atom stereocenters. The smallest absolute Gasteiger partial charge is 0.410 e. The Morgan fingerprint density at radius 1 is 1.09 bits per heavy atom. The fourth-order valence-electron chi connectivity index (χ4n) is 5.92. The number of hydrogen-bond acceptors (Lipinski definition) is 6. The number of carbonyl (C=O) groups excluding carboxylic acids is 2. The third kappa shape index (κ3) is 7.72. The van der Waals surface area contributed by atoms with Crippen molar-refractivity contribution >= 4 is 22.9 Å². The quantitative estimate of drug-likeness (QED) is 0.225. The maximum atomic E-state index is 14.7. The Kier molecular flexibility index (Phi) is 10.9. The van der Waals surface area contributed by atoms with Crippen molar-refractivity contribution in [1.82, 2.24) is 14.4 Å². The summed E-state index contributed by atoms with van der Waals surface area (Å²) in [6.45, 7) is 12.0. The number of unbranched alkanes of at least 4 members (excludes halogenated alkanes) is 1. The van der Waals surface area contributed by atoms with Gasteiger partial charge in [-0.1, -0.05) is 42.5 Å². The SMILES string of the molecule is COCCCCn1c(C(=O)N(C(C)C)[C@@H]2CCCN(C(=O)OC(C)(C)C)C2)c(C#N)c2cccc(OCc3ccccc3)c21. The first kappa shape index (κ1) is 32.9. The third-order valence-electron chi connectivity index (χ3n) is 7.81. The molecule has 1 saturated heterocycles. The van der Waals surface area contributed by atoms with Crippen molar-refractivity contribution < 1.29 is 23.8 Å². The molecule has 0 aliphatic carbocycles. The number of nitriles is 1. The number of aryl methyl sites for hydroxylation is 1. The van der Waals surface area contributed by atoms with Gasteiger partial charge in [0.05, 0.1) is 17.1 Å². The lowest BCUT2D eigenvalue weighted by atomic mass is 10.0. The third-order valence-corrected chi connectivity index (χ3v) is 7.81. The fourth-order valence-corrected chi connectivity index (χ4v) is 5.92. The molecular formula is C35H46N4O5. The summed E-state index contributed by atoms with van der Waals surface area (Å²) in [5.41, 5.74) is 1.86. The molecule has 9 heteroatoms. The van der Waals surface area contributed by atoms with Crippen molar-refractivity contribution in [3.8, 4) is 11.8 Å². The molecule has 0 spiro atoms. The van der Waals surface area contributed by atoms with Gasteiger partial charge in [0, 0.05) is 44.8 Å². The predicted molar refractivity (Wildman–Crippen MR) is 171 cm³/mol. The van der Waals surface area contributed by atoms with E-state index in [9.17, 15) is 14.9 Å². The van der Waals surface area contributed by atoms with Crippen LogP contribution in [0.3, 0.4) is 0 Å². The van der Waals surface area contributed by atoms with E-state index in [1.807, 2.05) is 92.6 Å². The summed E-state index contributed by atoms with van der Waals surface area (Å²) >= 11 is 0. The maximum absolute atomic E-state index is 14.7. The number of carbonyl (C=O) groups is 2. The molecule has 0 saturated carbocycles. The molecule has 3 aromatic rings. The highest BCUT2D eigenvalue weighted by molar-refractivity contribution is 6.05. The first-order valence-corrected chi connectivity index (χ1v) is 15.6. The van der Waals surface area contributed by atoms with Crippen molar-refractivity contribution in [3.05, 3.63) is 65.4 Å². The number of methoxy groups -OCH3 is 1. The summed E-state index contributed by atoms with van der Waals surface area (Å²) < 4.78 is 19.2. The number of aromatic nitrogens is 1. The second kappa shape index (κ2) is 14.6. The number of likely N-dealkylation sites (tertiary alicyclic amines) is 1. The number of rotatable bonds is 11. The number of para-hydroxylation sites is 1. The normalized spacial score (nSPS) is 15.3. The molecule has 236 valence electrons. The first-order valence-electron chi connectivity index (χ1n) is 15.6. The van der Waals surface area contributed by atoms with Crippen LogP contribution in [0, 0.1) is 11.3 Å². The molecular weight excluding hydrogens is 556 g/mol. The van der Waals surface area contributed by atoms with Gasteiger partial charge < -0.3 is 28.6 Å². The number of ether oxygens (including phenoxy) is 3. The highest BCUT2D eigenvalue weighted by Gasteiger charge is 2.37. The Morgan fingerprint density at radius 2 is 1.84 bits per heavy atom. The average Bonchev–Trinajstić information content (AvgIpc) is 3.32. The van der Waals surface area contributed by atoms with E-state index in [2.05, 4.69) is 6.07 Å². The Labute approximate surface area is 261 Å². The molecule has 0 radical (unpaired) electrons. The van der Waals surface area contributed by atoms with Crippen LogP contribution in [-0.2, 0) is 22.6 Å². The molecule has 44 heavy (non-hydrogen) atoms. The van der Waals surface area contributed by atoms with E-state index in [4.69, 9.17) is 14.2 Å². The Balaban J connectivity index is 1.75. The van der Waals surface area contributed by atoms with Crippen LogP contribution in [0.2, 0.25) is 0 Å². The molecule has 1 aliphatic rings. The minimum Gasteiger partial charge on any atom is -0.487 e. The molecule has 0 N–H and O–H groups in total. The summed E-state index contributed by atoms with van der Waals surface area (Å²) in [6.07, 6.45) is 2.70. The van der Waals surface area contributed by atoms with Crippen molar-refractivity contribution in [2.45, 2.75) is 91.1 Å². The molecule has 2 aromatic carbocycles. The van der Waals surface area contributed by atoms with Gasteiger partial charge in [-0.15, -0.1) is 0 Å². The van der Waals surface area contributed by atoms with Crippen molar-refractivity contribution in [2.24, 2.45) is 0 Å². The van der Waals surface area contributed by atoms with E-state index in [1.54, 1.807) is 12.0 Å². The van der Waals surface area contributed by atoms with Crippen LogP contribution >= 0.6 is 0 Å². The maximum Gasteiger partial charge on any atom is 0.410 e. The average molecular weight is 603 g/mol. The van der Waals surface area contributed by atoms with Crippen LogP contribution in [-0.4, -0.2) is 70.9 Å². The van der Waals surface area contributed by atoms with E-state index in [0.29, 0.717) is 55.2 Å². The topological polar surface area (TPSA) is 97.0 Å². The Morgan fingerprint density at radius 3 is 2.50 bits per heavy atom. The summed E-state index contributed by atoms with van der Waals surface area (Å²) in [4.78, 5) is 31.2. The molecule has 1 fully saturated rings. The number of hydrogen-bond donors (Lipinski definition) is 0. The van der Waals surface area contributed by atoms with Gasteiger partial charge in [-0.05, 0) is 71.9 Å². The van der Waals surface area contributed by atoms with Crippen molar-refractivity contribution in [2.75, 3.05) is 26.8 Å². The number of benzene rings is 2. The molecule has 4 rings (SSSR count). The van der Waals surface area contributed by atoms with E-state index in [-0.39, 0.29) is 24.1 Å². The zero-order valence-electron chi connectivity index (χ0n) is 27.0. The second-order valence-electron chi connectivity index (χ2n) is 12.6. The molecule has 1 aromatic heterocycles. The molecule has 2 heterocycles. The number of piperidine rings is 1. The molecule has 2 amide bonds. The van der Waals surface area contributed by atoms with Crippen LogP contribution in [0.4, 0.5) is 4.79 Å². The van der Waals surface area contributed by atoms with Crippen molar-refractivity contribution in [1.29, 1.82) is 5.26 Å². The monoisotopic (exact) mass is 602 g/mol. The first-order chi connectivity index (χ1) is 21.1. The number of amides is 2. The summed E-state index contributed by atoms with van der Waals surface area (Å²) in [6, 6.07) is 17.5. The lowest BCUT2D eigenvalue weighted by molar-refractivity contribution is 0.00732. The van der Waals surface area contributed by atoms with E-state index < -0.39 is 5.60 Å².